The molecule has 0 spiro atoms. The van der Waals surface area contributed by atoms with Crippen LogP contribution in [0.3, 0.4) is 0 Å². The molecule has 3 nitrogen and oxygen atoms in total. The zero-order valence-corrected chi connectivity index (χ0v) is 10.8. The van der Waals surface area contributed by atoms with Crippen molar-refractivity contribution in [2.75, 3.05) is 0 Å². The van der Waals surface area contributed by atoms with E-state index < -0.39 is 17.6 Å². The number of halogens is 3. The first-order chi connectivity index (χ1) is 9.49. The Balaban J connectivity index is 2.27. The minimum Gasteiger partial charge on any atom is -0.486 e. The van der Waals surface area contributed by atoms with E-state index in [-0.39, 0.29) is 28.5 Å². The quantitative estimate of drug-likeness (QED) is 0.931. The second-order valence-electron chi connectivity index (χ2n) is 3.95. The van der Waals surface area contributed by atoms with Crippen LogP contribution in [0, 0.1) is 11.6 Å². The summed E-state index contributed by atoms with van der Waals surface area (Å²) in [6.45, 7) is -0.326. The summed E-state index contributed by atoms with van der Waals surface area (Å²) in [5.74, 6) is -2.55. The van der Waals surface area contributed by atoms with Gasteiger partial charge in [0.15, 0.2) is 5.75 Å². The van der Waals surface area contributed by atoms with Crippen LogP contribution in [0.1, 0.15) is 15.9 Å². The second kappa shape index (κ2) is 5.88. The van der Waals surface area contributed by atoms with E-state index in [1.807, 2.05) is 0 Å². The average molecular weight is 299 g/mol. The van der Waals surface area contributed by atoms with Crippen molar-refractivity contribution in [1.29, 1.82) is 0 Å². The molecule has 0 heterocycles. The summed E-state index contributed by atoms with van der Waals surface area (Å²) in [7, 11) is 0. The molecule has 0 amide bonds. The molecule has 0 unspecified atom stereocenters. The smallest absolute Gasteiger partial charge is 0.339 e. The van der Waals surface area contributed by atoms with Crippen LogP contribution < -0.4 is 4.74 Å². The topological polar surface area (TPSA) is 46.5 Å². The van der Waals surface area contributed by atoms with Gasteiger partial charge in [0.25, 0.3) is 0 Å². The van der Waals surface area contributed by atoms with Crippen molar-refractivity contribution in [3.8, 4) is 5.75 Å². The van der Waals surface area contributed by atoms with Crippen LogP contribution in [0.4, 0.5) is 8.78 Å². The number of hydrogen-bond donors (Lipinski definition) is 1. The Labute approximate surface area is 118 Å². The van der Waals surface area contributed by atoms with Crippen molar-refractivity contribution in [3.63, 3.8) is 0 Å². The molecule has 0 fully saturated rings. The zero-order valence-electron chi connectivity index (χ0n) is 10.1. The molecule has 2 aromatic carbocycles. The lowest BCUT2D eigenvalue weighted by Gasteiger charge is -2.11. The molecule has 0 bridgehead atoms. The maximum atomic E-state index is 13.4. The van der Waals surface area contributed by atoms with E-state index in [0.717, 1.165) is 18.2 Å². The summed E-state index contributed by atoms with van der Waals surface area (Å²) in [5, 5.41) is 9.10. The summed E-state index contributed by atoms with van der Waals surface area (Å²) >= 11 is 5.85. The normalized spacial score (nSPS) is 10.3. The zero-order chi connectivity index (χ0) is 14.7. The van der Waals surface area contributed by atoms with Gasteiger partial charge in [0, 0.05) is 5.56 Å². The van der Waals surface area contributed by atoms with E-state index >= 15 is 0 Å². The Kier molecular flexibility index (Phi) is 4.20. The molecule has 0 aliphatic heterocycles. The first-order valence-electron chi connectivity index (χ1n) is 5.57. The number of benzene rings is 2. The van der Waals surface area contributed by atoms with Crippen molar-refractivity contribution in [2.24, 2.45) is 0 Å². The Bertz CT molecular complexity index is 659. The van der Waals surface area contributed by atoms with E-state index in [4.69, 9.17) is 21.4 Å². The van der Waals surface area contributed by atoms with Gasteiger partial charge in [-0.2, -0.15) is 0 Å². The lowest BCUT2D eigenvalue weighted by atomic mass is 10.2. The van der Waals surface area contributed by atoms with Gasteiger partial charge in [-0.3, -0.25) is 0 Å². The summed E-state index contributed by atoms with van der Waals surface area (Å²) in [6.07, 6.45) is 0. The van der Waals surface area contributed by atoms with Gasteiger partial charge in [-0.25, -0.2) is 13.6 Å². The molecular weight excluding hydrogens is 290 g/mol. The molecule has 0 aromatic heterocycles. The largest absolute Gasteiger partial charge is 0.486 e. The lowest BCUT2D eigenvalue weighted by Crippen LogP contribution is -2.05. The van der Waals surface area contributed by atoms with E-state index in [0.29, 0.717) is 0 Å². The maximum absolute atomic E-state index is 13.4. The molecule has 0 radical (unpaired) electrons. The van der Waals surface area contributed by atoms with Gasteiger partial charge in [-0.1, -0.05) is 17.7 Å². The van der Waals surface area contributed by atoms with Crippen LogP contribution in [0.25, 0.3) is 0 Å². The number of ether oxygens (including phenoxy) is 1. The van der Waals surface area contributed by atoms with Gasteiger partial charge in [-0.15, -0.1) is 0 Å². The Morgan fingerprint density at radius 2 is 2.00 bits per heavy atom. The predicted molar refractivity (Wildman–Crippen MR) is 69.1 cm³/mol. The predicted octanol–water partition coefficient (Wildman–Crippen LogP) is 3.90. The van der Waals surface area contributed by atoms with Crippen molar-refractivity contribution >= 4 is 17.6 Å². The number of hydrogen-bond acceptors (Lipinski definition) is 2. The van der Waals surface area contributed by atoms with E-state index in [1.165, 1.54) is 18.2 Å². The molecule has 0 aliphatic carbocycles. The van der Waals surface area contributed by atoms with Gasteiger partial charge in [-0.05, 0) is 30.3 Å². The highest BCUT2D eigenvalue weighted by molar-refractivity contribution is 6.32. The van der Waals surface area contributed by atoms with E-state index in [2.05, 4.69) is 0 Å². The molecule has 0 aliphatic rings. The second-order valence-corrected chi connectivity index (χ2v) is 4.35. The summed E-state index contributed by atoms with van der Waals surface area (Å²) in [5.41, 5.74) is -0.171. The standard InChI is InChI=1S/C14H9ClF2O3/c15-11-3-1-2-10(14(18)19)13(11)20-7-8-6-9(16)4-5-12(8)17/h1-6H,7H2,(H,18,19). The molecular formula is C14H9ClF2O3. The summed E-state index contributed by atoms with van der Waals surface area (Å²) in [4.78, 5) is 11.0. The molecule has 1 N–H and O–H groups in total. The fourth-order valence-corrected chi connectivity index (χ4v) is 1.86. The fraction of sp³-hybridized carbons (Fsp3) is 0.0714. The van der Waals surface area contributed by atoms with Crippen LogP contribution in [0.15, 0.2) is 36.4 Å². The van der Waals surface area contributed by atoms with Gasteiger partial charge in [0.2, 0.25) is 0 Å². The summed E-state index contributed by atoms with van der Waals surface area (Å²) < 4.78 is 31.7. The number of rotatable bonds is 4. The van der Waals surface area contributed by atoms with Gasteiger partial charge < -0.3 is 9.84 Å². The maximum Gasteiger partial charge on any atom is 0.339 e. The van der Waals surface area contributed by atoms with Crippen LogP contribution in [0.2, 0.25) is 5.02 Å². The number of aromatic carboxylic acids is 1. The van der Waals surface area contributed by atoms with Crippen LogP contribution in [-0.2, 0) is 6.61 Å². The minimum absolute atomic E-state index is 0.0266. The highest BCUT2D eigenvalue weighted by Gasteiger charge is 2.15. The van der Waals surface area contributed by atoms with Crippen LogP contribution in [-0.4, -0.2) is 11.1 Å². The molecule has 6 heteroatoms. The Morgan fingerprint density at radius 3 is 2.70 bits per heavy atom. The number of carboxylic acid groups (broad SMARTS) is 1. The highest BCUT2D eigenvalue weighted by atomic mass is 35.5. The van der Waals surface area contributed by atoms with Crippen molar-refractivity contribution in [2.45, 2.75) is 6.61 Å². The molecule has 0 atom stereocenters. The van der Waals surface area contributed by atoms with Gasteiger partial charge in [0.05, 0.1) is 5.02 Å². The SMILES string of the molecule is O=C(O)c1cccc(Cl)c1OCc1cc(F)ccc1F. The van der Waals surface area contributed by atoms with Crippen LogP contribution >= 0.6 is 11.6 Å². The fourth-order valence-electron chi connectivity index (χ4n) is 1.63. The highest BCUT2D eigenvalue weighted by Crippen LogP contribution is 2.29. The third-order valence-corrected chi connectivity index (χ3v) is 2.87. The molecule has 2 aromatic rings. The first kappa shape index (κ1) is 14.3. The van der Waals surface area contributed by atoms with Crippen LogP contribution in [0.5, 0.6) is 5.75 Å². The minimum atomic E-state index is -1.22. The molecule has 0 saturated heterocycles. The molecule has 20 heavy (non-hydrogen) atoms. The van der Waals surface area contributed by atoms with E-state index in [1.54, 1.807) is 0 Å². The first-order valence-corrected chi connectivity index (χ1v) is 5.95. The van der Waals surface area contributed by atoms with Crippen molar-refractivity contribution in [1.82, 2.24) is 0 Å². The average Bonchev–Trinajstić information content (AvgIpc) is 2.40. The van der Waals surface area contributed by atoms with Gasteiger partial charge in [0.1, 0.15) is 23.8 Å². The number of para-hydroxylation sites is 1. The molecule has 104 valence electrons. The lowest BCUT2D eigenvalue weighted by molar-refractivity contribution is 0.0691. The summed E-state index contributed by atoms with van der Waals surface area (Å²) in [6, 6.07) is 7.15. The number of carboxylic acids is 1. The molecule has 2 rings (SSSR count). The monoisotopic (exact) mass is 298 g/mol. The molecule has 0 saturated carbocycles. The van der Waals surface area contributed by atoms with Gasteiger partial charge >= 0.3 is 5.97 Å². The Hall–Kier alpha value is -2.14. The third-order valence-electron chi connectivity index (χ3n) is 2.58. The van der Waals surface area contributed by atoms with Crippen molar-refractivity contribution in [3.05, 3.63) is 64.2 Å². The third kappa shape index (κ3) is 3.05. The van der Waals surface area contributed by atoms with E-state index in [9.17, 15) is 13.6 Å². The number of carbonyl (C=O) groups is 1. The Morgan fingerprint density at radius 1 is 1.25 bits per heavy atom. The van der Waals surface area contributed by atoms with Crippen molar-refractivity contribution < 1.29 is 23.4 Å².